The lowest BCUT2D eigenvalue weighted by molar-refractivity contribution is 0.206. The van der Waals surface area contributed by atoms with Gasteiger partial charge in [0.05, 0.1) is 24.5 Å². The van der Waals surface area contributed by atoms with Crippen molar-refractivity contribution in [3.8, 4) is 0 Å². The highest BCUT2D eigenvalue weighted by molar-refractivity contribution is 5.51. The van der Waals surface area contributed by atoms with Gasteiger partial charge in [-0.3, -0.25) is 4.79 Å². The monoisotopic (exact) mass is 412 g/mol. The number of hydrogen-bond donors (Lipinski definition) is 0. The maximum atomic E-state index is 12.8. The van der Waals surface area contributed by atoms with E-state index in [4.69, 9.17) is 9.72 Å². The number of ether oxygens (including phenoxy) is 1. The molecule has 1 unspecified atom stereocenters. The summed E-state index contributed by atoms with van der Waals surface area (Å²) in [5, 5.41) is 4.53. The average Bonchev–Trinajstić information content (AvgIpc) is 2.76. The van der Waals surface area contributed by atoms with Gasteiger partial charge in [-0.25, -0.2) is 14.6 Å². The van der Waals surface area contributed by atoms with Gasteiger partial charge in [-0.05, 0) is 45.4 Å². The minimum absolute atomic E-state index is 0.0514. The van der Waals surface area contributed by atoms with Gasteiger partial charge in [0.1, 0.15) is 11.6 Å². The Labute approximate surface area is 177 Å². The fourth-order valence-corrected chi connectivity index (χ4v) is 4.55. The predicted molar refractivity (Wildman–Crippen MR) is 118 cm³/mol. The fraction of sp³-hybridized carbons (Fsp3) is 0.636. The molecule has 1 atom stereocenters. The van der Waals surface area contributed by atoms with Gasteiger partial charge in [-0.15, -0.1) is 0 Å². The molecule has 1 aliphatic carbocycles. The van der Waals surface area contributed by atoms with Crippen molar-refractivity contribution in [2.45, 2.75) is 51.5 Å². The molecule has 0 spiro atoms. The minimum Gasteiger partial charge on any atom is -0.383 e. The summed E-state index contributed by atoms with van der Waals surface area (Å²) in [5.41, 5.74) is 3.29. The molecular weight excluding hydrogens is 380 g/mol. The van der Waals surface area contributed by atoms with Crippen molar-refractivity contribution < 1.29 is 4.74 Å². The van der Waals surface area contributed by atoms with Crippen LogP contribution in [0.25, 0.3) is 0 Å². The summed E-state index contributed by atoms with van der Waals surface area (Å²) >= 11 is 0. The van der Waals surface area contributed by atoms with Gasteiger partial charge >= 0.3 is 0 Å². The molecule has 30 heavy (non-hydrogen) atoms. The van der Waals surface area contributed by atoms with Crippen molar-refractivity contribution in [3.63, 3.8) is 0 Å². The topological polar surface area (TPSA) is 76.4 Å². The van der Waals surface area contributed by atoms with Gasteiger partial charge in [0.25, 0.3) is 5.56 Å². The van der Waals surface area contributed by atoms with Crippen molar-refractivity contribution in [3.05, 3.63) is 39.7 Å². The van der Waals surface area contributed by atoms with Crippen molar-refractivity contribution in [1.29, 1.82) is 0 Å². The quantitative estimate of drug-likeness (QED) is 0.719. The second-order valence-electron chi connectivity index (χ2n) is 8.38. The Morgan fingerprint density at radius 3 is 2.87 bits per heavy atom. The molecule has 1 fully saturated rings. The first-order valence-electron chi connectivity index (χ1n) is 11.0. The van der Waals surface area contributed by atoms with Crippen LogP contribution in [-0.2, 0) is 17.6 Å². The SMILES string of the molecule is COCCN(C)c1cnn(C2CCCN(c3nc(C)nc4c3CCCC4)C2)c(=O)c1. The maximum Gasteiger partial charge on any atom is 0.269 e. The van der Waals surface area contributed by atoms with E-state index in [-0.39, 0.29) is 11.6 Å². The van der Waals surface area contributed by atoms with Crippen molar-refractivity contribution in [2.75, 3.05) is 50.2 Å². The molecule has 8 nitrogen and oxygen atoms in total. The zero-order chi connectivity index (χ0) is 21.1. The van der Waals surface area contributed by atoms with E-state index < -0.39 is 0 Å². The first-order chi connectivity index (χ1) is 14.6. The van der Waals surface area contributed by atoms with Crippen LogP contribution in [0.1, 0.15) is 48.8 Å². The molecule has 8 heteroatoms. The van der Waals surface area contributed by atoms with Crippen LogP contribution in [0.3, 0.4) is 0 Å². The van der Waals surface area contributed by atoms with E-state index in [1.165, 1.54) is 24.1 Å². The molecule has 2 aromatic heterocycles. The van der Waals surface area contributed by atoms with E-state index in [2.05, 4.69) is 15.0 Å². The normalized spacial score (nSPS) is 18.9. The van der Waals surface area contributed by atoms with Crippen LogP contribution in [-0.4, -0.2) is 60.1 Å². The van der Waals surface area contributed by atoms with E-state index >= 15 is 0 Å². The molecule has 0 radical (unpaired) electrons. The van der Waals surface area contributed by atoms with Crippen LogP contribution < -0.4 is 15.4 Å². The van der Waals surface area contributed by atoms with Gasteiger partial charge in [0.2, 0.25) is 0 Å². The van der Waals surface area contributed by atoms with Crippen LogP contribution in [0.5, 0.6) is 0 Å². The van der Waals surface area contributed by atoms with Crippen LogP contribution in [0.4, 0.5) is 11.5 Å². The Hall–Kier alpha value is -2.48. The standard InChI is InChI=1S/C22H32N6O2/c1-16-24-20-9-5-4-8-19(20)22(25-16)27-10-6-7-17(15-27)28-21(29)13-18(14-23-28)26(2)11-12-30-3/h13-14,17H,4-12,15H2,1-3H3. The first-order valence-corrected chi connectivity index (χ1v) is 11.0. The highest BCUT2D eigenvalue weighted by Gasteiger charge is 2.27. The number of methoxy groups -OCH3 is 1. The van der Waals surface area contributed by atoms with Crippen molar-refractivity contribution >= 4 is 11.5 Å². The second kappa shape index (κ2) is 9.12. The third-order valence-electron chi connectivity index (χ3n) is 6.20. The van der Waals surface area contributed by atoms with Gasteiger partial charge < -0.3 is 14.5 Å². The van der Waals surface area contributed by atoms with E-state index in [0.29, 0.717) is 6.61 Å². The summed E-state index contributed by atoms with van der Waals surface area (Å²) < 4.78 is 6.78. The smallest absolute Gasteiger partial charge is 0.269 e. The molecule has 0 amide bonds. The van der Waals surface area contributed by atoms with Crippen LogP contribution in [0.15, 0.2) is 17.1 Å². The van der Waals surface area contributed by atoms with E-state index in [1.54, 1.807) is 24.1 Å². The maximum absolute atomic E-state index is 12.8. The largest absolute Gasteiger partial charge is 0.383 e. The molecular formula is C22H32N6O2. The number of nitrogens with zero attached hydrogens (tertiary/aromatic N) is 6. The molecule has 2 aliphatic rings. The summed E-state index contributed by atoms with van der Waals surface area (Å²) in [4.78, 5) is 26.7. The summed E-state index contributed by atoms with van der Waals surface area (Å²) in [7, 11) is 3.62. The average molecular weight is 413 g/mol. The minimum atomic E-state index is -0.0514. The van der Waals surface area contributed by atoms with Crippen molar-refractivity contribution in [1.82, 2.24) is 19.7 Å². The van der Waals surface area contributed by atoms with Gasteiger partial charge in [-0.2, -0.15) is 5.10 Å². The molecule has 2 aromatic rings. The molecule has 162 valence electrons. The summed E-state index contributed by atoms with van der Waals surface area (Å²) in [6.07, 6.45) is 8.25. The number of piperidine rings is 1. The van der Waals surface area contributed by atoms with Crippen molar-refractivity contribution in [2.24, 2.45) is 0 Å². The lowest BCUT2D eigenvalue weighted by Gasteiger charge is -2.36. The van der Waals surface area contributed by atoms with Gasteiger partial charge in [0, 0.05) is 51.1 Å². The highest BCUT2D eigenvalue weighted by atomic mass is 16.5. The van der Waals surface area contributed by atoms with E-state index in [1.807, 2.05) is 18.9 Å². The number of fused-ring (bicyclic) bond motifs is 1. The molecule has 0 bridgehead atoms. The zero-order valence-corrected chi connectivity index (χ0v) is 18.3. The predicted octanol–water partition coefficient (Wildman–Crippen LogP) is 2.14. The van der Waals surface area contributed by atoms with Gasteiger partial charge in [0.15, 0.2) is 0 Å². The molecule has 1 saturated heterocycles. The summed E-state index contributed by atoms with van der Waals surface area (Å²) in [6.45, 7) is 5.03. The molecule has 4 rings (SSSR count). The van der Waals surface area contributed by atoms with Crippen LogP contribution >= 0.6 is 0 Å². The zero-order valence-electron chi connectivity index (χ0n) is 18.3. The first kappa shape index (κ1) is 20.8. The number of anilines is 2. The van der Waals surface area contributed by atoms with E-state index in [0.717, 1.165) is 62.6 Å². The van der Waals surface area contributed by atoms with Crippen LogP contribution in [0, 0.1) is 6.92 Å². The molecule has 0 N–H and O–H groups in total. The lowest BCUT2D eigenvalue weighted by atomic mass is 9.95. The van der Waals surface area contributed by atoms with E-state index in [9.17, 15) is 4.79 Å². The summed E-state index contributed by atoms with van der Waals surface area (Å²) in [5.74, 6) is 1.91. The second-order valence-corrected chi connectivity index (χ2v) is 8.38. The third-order valence-corrected chi connectivity index (χ3v) is 6.20. The van der Waals surface area contributed by atoms with Crippen LogP contribution in [0.2, 0.25) is 0 Å². The lowest BCUT2D eigenvalue weighted by Crippen LogP contribution is -2.42. The number of aryl methyl sites for hydroxylation is 2. The highest BCUT2D eigenvalue weighted by Crippen LogP contribution is 2.31. The van der Waals surface area contributed by atoms with Gasteiger partial charge in [-0.1, -0.05) is 0 Å². The number of hydrogen-bond acceptors (Lipinski definition) is 7. The Kier molecular flexibility index (Phi) is 6.32. The number of aromatic nitrogens is 4. The Balaban J connectivity index is 1.55. The molecule has 0 aromatic carbocycles. The fourth-order valence-electron chi connectivity index (χ4n) is 4.55. The number of rotatable bonds is 6. The Morgan fingerprint density at radius 2 is 2.07 bits per heavy atom. The molecule has 0 saturated carbocycles. The number of likely N-dealkylation sites (N-methyl/N-ethyl adjacent to an activating group) is 1. The summed E-state index contributed by atoms with van der Waals surface area (Å²) in [6, 6.07) is 1.73. The molecule has 3 heterocycles. The third kappa shape index (κ3) is 4.33. The Bertz CT molecular complexity index is 944. The molecule has 1 aliphatic heterocycles. The Morgan fingerprint density at radius 1 is 1.23 bits per heavy atom.